The Balaban J connectivity index is 2.09. The zero-order valence-electron chi connectivity index (χ0n) is 10.6. The molecule has 3 rings (SSSR count). The van der Waals surface area contributed by atoms with Crippen molar-refractivity contribution in [3.63, 3.8) is 0 Å². The summed E-state index contributed by atoms with van der Waals surface area (Å²) in [7, 11) is 1.69. The molecular formula is C14H16N2O2. The highest BCUT2D eigenvalue weighted by atomic mass is 16.5. The zero-order valence-corrected chi connectivity index (χ0v) is 10.6. The lowest BCUT2D eigenvalue weighted by Crippen LogP contribution is -2.30. The molecule has 0 aliphatic heterocycles. The average Bonchev–Trinajstić information content (AvgIpc) is 2.88. The van der Waals surface area contributed by atoms with Gasteiger partial charge in [-0.05, 0) is 42.7 Å². The molecule has 2 aliphatic carbocycles. The van der Waals surface area contributed by atoms with Gasteiger partial charge in [-0.25, -0.2) is 0 Å². The molecule has 0 aromatic carbocycles. The Hall–Kier alpha value is -1.81. The van der Waals surface area contributed by atoms with Gasteiger partial charge in [0, 0.05) is 5.22 Å². The second-order valence-corrected chi connectivity index (χ2v) is 4.71. The van der Waals surface area contributed by atoms with Crippen molar-refractivity contribution >= 4 is 11.6 Å². The Morgan fingerprint density at radius 2 is 2.33 bits per heavy atom. The van der Waals surface area contributed by atoms with Gasteiger partial charge in [-0.15, -0.1) is 0 Å². The average molecular weight is 244 g/mol. The molecule has 1 N–H and O–H groups in total. The fraction of sp³-hybridized carbons (Fsp3) is 0.357. The maximum atomic E-state index is 9.47. The van der Waals surface area contributed by atoms with Gasteiger partial charge >= 0.3 is 0 Å². The van der Waals surface area contributed by atoms with Crippen LogP contribution in [0.1, 0.15) is 13.3 Å². The lowest BCUT2D eigenvalue weighted by molar-refractivity contribution is 0.167. The molecule has 0 spiro atoms. The molecule has 18 heavy (non-hydrogen) atoms. The van der Waals surface area contributed by atoms with E-state index in [1.54, 1.807) is 14.0 Å². The van der Waals surface area contributed by atoms with Crippen molar-refractivity contribution in [2.75, 3.05) is 7.11 Å². The van der Waals surface area contributed by atoms with Crippen molar-refractivity contribution in [3.05, 3.63) is 40.2 Å². The molecular weight excluding hydrogens is 228 g/mol. The zero-order chi connectivity index (χ0) is 12.7. The maximum absolute atomic E-state index is 9.47. The summed E-state index contributed by atoms with van der Waals surface area (Å²) >= 11 is 0. The van der Waals surface area contributed by atoms with Gasteiger partial charge < -0.3 is 9.84 Å². The fourth-order valence-electron chi connectivity index (χ4n) is 2.48. The van der Waals surface area contributed by atoms with E-state index in [1.165, 1.54) is 16.4 Å². The first kappa shape index (κ1) is 11.3. The number of aromatic nitrogens is 2. The fourth-order valence-corrected chi connectivity index (χ4v) is 2.48. The molecule has 0 radical (unpaired) electrons. The number of ether oxygens (including phenoxy) is 1. The monoisotopic (exact) mass is 244 g/mol. The number of aliphatic hydroxyl groups excluding tert-OH is 1. The summed E-state index contributed by atoms with van der Waals surface area (Å²) in [6.45, 7) is 2.30. The van der Waals surface area contributed by atoms with Crippen LogP contribution in [-0.2, 0) is 11.3 Å². The summed E-state index contributed by atoms with van der Waals surface area (Å²) in [5, 5.41) is 16.1. The first-order valence-electron chi connectivity index (χ1n) is 6.10. The van der Waals surface area contributed by atoms with Gasteiger partial charge in [-0.1, -0.05) is 0 Å². The number of hydrogen-bond acceptors (Lipinski definition) is 3. The van der Waals surface area contributed by atoms with E-state index >= 15 is 0 Å². The number of hydrogen-bond donors (Lipinski definition) is 1. The number of methoxy groups -OCH3 is 1. The molecule has 0 saturated carbocycles. The van der Waals surface area contributed by atoms with Crippen LogP contribution in [0.15, 0.2) is 29.7 Å². The van der Waals surface area contributed by atoms with Crippen LogP contribution in [0.5, 0.6) is 0 Å². The Bertz CT molecular complexity index is 662. The minimum absolute atomic E-state index is 0.392. The third-order valence-electron chi connectivity index (χ3n) is 3.32. The molecule has 0 bridgehead atoms. The highest BCUT2D eigenvalue weighted by Gasteiger charge is 2.18. The SMILES string of the molecule is COC1=CCC2=c3cnn(CC(C)O)c3=CC2=C1. The second kappa shape index (κ2) is 4.14. The first-order valence-corrected chi connectivity index (χ1v) is 6.10. The van der Waals surface area contributed by atoms with Crippen LogP contribution in [0.25, 0.3) is 11.6 Å². The smallest absolute Gasteiger partial charge is 0.115 e. The highest BCUT2D eigenvalue weighted by molar-refractivity contribution is 5.83. The molecule has 94 valence electrons. The van der Waals surface area contributed by atoms with E-state index in [4.69, 9.17) is 4.74 Å². The van der Waals surface area contributed by atoms with Crippen LogP contribution >= 0.6 is 0 Å². The van der Waals surface area contributed by atoms with Gasteiger partial charge in [0.1, 0.15) is 5.76 Å². The van der Waals surface area contributed by atoms with E-state index in [9.17, 15) is 5.11 Å². The predicted molar refractivity (Wildman–Crippen MR) is 68.8 cm³/mol. The summed E-state index contributed by atoms with van der Waals surface area (Å²) in [6.07, 6.45) is 8.61. The molecule has 4 nitrogen and oxygen atoms in total. The summed E-state index contributed by atoms with van der Waals surface area (Å²) < 4.78 is 7.12. The lowest BCUT2D eigenvalue weighted by atomic mass is 9.99. The van der Waals surface area contributed by atoms with Gasteiger partial charge in [-0.3, -0.25) is 4.68 Å². The van der Waals surface area contributed by atoms with Crippen LogP contribution in [0.3, 0.4) is 0 Å². The molecule has 1 aromatic rings. The van der Waals surface area contributed by atoms with Crippen molar-refractivity contribution < 1.29 is 9.84 Å². The molecule has 4 heteroatoms. The largest absolute Gasteiger partial charge is 0.497 e. The number of allylic oxidation sites excluding steroid dienone is 3. The number of rotatable bonds is 3. The Kier molecular flexibility index (Phi) is 2.59. The summed E-state index contributed by atoms with van der Waals surface area (Å²) in [4.78, 5) is 0. The molecule has 1 unspecified atom stereocenters. The van der Waals surface area contributed by atoms with E-state index in [0.29, 0.717) is 6.54 Å². The first-order chi connectivity index (χ1) is 8.69. The van der Waals surface area contributed by atoms with Crippen LogP contribution in [0.4, 0.5) is 0 Å². The van der Waals surface area contributed by atoms with Gasteiger partial charge in [-0.2, -0.15) is 5.10 Å². The minimum atomic E-state index is -0.392. The van der Waals surface area contributed by atoms with E-state index < -0.39 is 6.10 Å². The Labute approximate surface area is 105 Å². The molecule has 1 heterocycles. The van der Waals surface area contributed by atoms with E-state index in [-0.39, 0.29) is 0 Å². The highest BCUT2D eigenvalue weighted by Crippen LogP contribution is 2.26. The van der Waals surface area contributed by atoms with Crippen molar-refractivity contribution in [1.82, 2.24) is 9.78 Å². The van der Waals surface area contributed by atoms with Crippen LogP contribution in [0.2, 0.25) is 0 Å². The molecule has 1 atom stereocenters. The predicted octanol–water partition coefficient (Wildman–Crippen LogP) is 0.0691. The van der Waals surface area contributed by atoms with Crippen molar-refractivity contribution in [3.8, 4) is 0 Å². The van der Waals surface area contributed by atoms with Gasteiger partial charge in [0.25, 0.3) is 0 Å². The normalized spacial score (nSPS) is 18.5. The van der Waals surface area contributed by atoms with Gasteiger partial charge in [0.2, 0.25) is 0 Å². The van der Waals surface area contributed by atoms with E-state index in [0.717, 1.165) is 17.5 Å². The standard InChI is InChI=1S/C14H16N2O2/c1-9(17)8-16-14-6-10-5-11(18-2)3-4-12(10)13(14)7-15-16/h3,5-7,9,17H,4,8H2,1-2H3. The topological polar surface area (TPSA) is 47.3 Å². The molecule has 2 aliphatic rings. The van der Waals surface area contributed by atoms with Crippen LogP contribution < -0.4 is 10.6 Å². The minimum Gasteiger partial charge on any atom is -0.497 e. The summed E-state index contributed by atoms with van der Waals surface area (Å²) in [6, 6.07) is 0. The van der Waals surface area contributed by atoms with Crippen molar-refractivity contribution in [1.29, 1.82) is 0 Å². The van der Waals surface area contributed by atoms with Gasteiger partial charge in [0.15, 0.2) is 0 Å². The molecule has 0 fully saturated rings. The summed E-state index contributed by atoms with van der Waals surface area (Å²) in [5.41, 5.74) is 2.49. The van der Waals surface area contributed by atoms with E-state index in [2.05, 4.69) is 17.3 Å². The Morgan fingerprint density at radius 3 is 3.06 bits per heavy atom. The maximum Gasteiger partial charge on any atom is 0.115 e. The van der Waals surface area contributed by atoms with Crippen molar-refractivity contribution in [2.45, 2.75) is 26.0 Å². The van der Waals surface area contributed by atoms with Crippen LogP contribution in [-0.4, -0.2) is 28.1 Å². The molecule has 0 saturated heterocycles. The number of aliphatic hydroxyl groups is 1. The van der Waals surface area contributed by atoms with E-state index in [1.807, 2.05) is 17.0 Å². The lowest BCUT2D eigenvalue weighted by Gasteiger charge is -2.11. The third-order valence-corrected chi connectivity index (χ3v) is 3.32. The van der Waals surface area contributed by atoms with Gasteiger partial charge in [0.05, 0.1) is 31.3 Å². The number of fused-ring (bicyclic) bond motifs is 2. The number of nitrogens with zero attached hydrogens (tertiary/aromatic N) is 2. The molecule has 0 amide bonds. The van der Waals surface area contributed by atoms with Crippen LogP contribution in [0, 0.1) is 0 Å². The third kappa shape index (κ3) is 1.69. The Morgan fingerprint density at radius 1 is 1.50 bits per heavy atom. The quantitative estimate of drug-likeness (QED) is 0.818. The second-order valence-electron chi connectivity index (χ2n) is 4.71. The van der Waals surface area contributed by atoms with Crippen molar-refractivity contribution in [2.24, 2.45) is 0 Å². The summed E-state index contributed by atoms with van der Waals surface area (Å²) in [5.74, 6) is 0.908. The molecule has 1 aromatic heterocycles.